The second-order valence-electron chi connectivity index (χ2n) is 4.83. The molecule has 128 valence electrons. The fraction of sp³-hybridized carbons (Fsp3) is 0.214. The molecule has 0 atom stereocenters. The average Bonchev–Trinajstić information content (AvgIpc) is 2.52. The van der Waals surface area contributed by atoms with Crippen molar-refractivity contribution < 1.29 is 23.1 Å². The lowest BCUT2D eigenvalue weighted by Gasteiger charge is -2.15. The fourth-order valence-corrected chi connectivity index (χ4v) is 2.33. The number of rotatable bonds is 6. The van der Waals surface area contributed by atoms with Gasteiger partial charge in [-0.2, -0.15) is 0 Å². The zero-order valence-corrected chi connectivity index (χ0v) is 14.4. The van der Waals surface area contributed by atoms with Crippen LogP contribution >= 0.6 is 11.6 Å². The SMILES string of the molecule is CN(c1ncc(-c2cc(Cl)ccc2OCC(=O)O)cn1)S(C)(=O)=O. The van der Waals surface area contributed by atoms with Gasteiger partial charge < -0.3 is 9.84 Å². The zero-order valence-electron chi connectivity index (χ0n) is 12.8. The molecular formula is C14H14ClN3O5S. The maximum atomic E-state index is 11.5. The smallest absolute Gasteiger partial charge is 0.341 e. The highest BCUT2D eigenvalue weighted by atomic mass is 35.5. The van der Waals surface area contributed by atoms with E-state index in [0.717, 1.165) is 10.6 Å². The van der Waals surface area contributed by atoms with Crippen LogP contribution in [0.5, 0.6) is 5.75 Å². The van der Waals surface area contributed by atoms with Gasteiger partial charge in [-0.1, -0.05) is 11.6 Å². The van der Waals surface area contributed by atoms with E-state index in [2.05, 4.69) is 9.97 Å². The van der Waals surface area contributed by atoms with Crippen LogP contribution in [0.2, 0.25) is 5.02 Å². The molecule has 0 bridgehead atoms. The lowest BCUT2D eigenvalue weighted by Crippen LogP contribution is -2.26. The summed E-state index contributed by atoms with van der Waals surface area (Å²) in [6, 6.07) is 4.68. The van der Waals surface area contributed by atoms with Gasteiger partial charge in [-0.15, -0.1) is 0 Å². The van der Waals surface area contributed by atoms with E-state index in [1.54, 1.807) is 12.1 Å². The number of ether oxygens (including phenoxy) is 1. The summed E-state index contributed by atoms with van der Waals surface area (Å²) in [7, 11) is -2.13. The Morgan fingerprint density at radius 2 is 1.96 bits per heavy atom. The van der Waals surface area contributed by atoms with Gasteiger partial charge in [-0.3, -0.25) is 0 Å². The quantitative estimate of drug-likeness (QED) is 0.822. The average molecular weight is 372 g/mol. The third kappa shape index (κ3) is 4.33. The third-order valence-corrected chi connectivity index (χ3v) is 4.41. The molecule has 1 N–H and O–H groups in total. The number of benzene rings is 1. The summed E-state index contributed by atoms with van der Waals surface area (Å²) >= 11 is 5.97. The number of aromatic nitrogens is 2. The van der Waals surface area contributed by atoms with Gasteiger partial charge >= 0.3 is 5.97 Å². The molecule has 0 spiro atoms. The minimum atomic E-state index is -3.47. The van der Waals surface area contributed by atoms with Crippen LogP contribution in [0, 0.1) is 0 Å². The second kappa shape index (κ2) is 7.02. The van der Waals surface area contributed by atoms with E-state index in [1.807, 2.05) is 0 Å². The molecule has 8 nitrogen and oxygen atoms in total. The van der Waals surface area contributed by atoms with Gasteiger partial charge in [-0.05, 0) is 18.2 Å². The number of anilines is 1. The normalized spacial score (nSPS) is 11.1. The number of carbonyl (C=O) groups is 1. The van der Waals surface area contributed by atoms with Crippen LogP contribution in [0.4, 0.5) is 5.95 Å². The number of nitrogens with zero attached hydrogens (tertiary/aromatic N) is 3. The van der Waals surface area contributed by atoms with E-state index < -0.39 is 22.6 Å². The Kier molecular flexibility index (Phi) is 5.25. The summed E-state index contributed by atoms with van der Waals surface area (Å²) in [5.41, 5.74) is 1.00. The molecular weight excluding hydrogens is 358 g/mol. The summed E-state index contributed by atoms with van der Waals surface area (Å²) in [6.45, 7) is -0.510. The van der Waals surface area contributed by atoms with Gasteiger partial charge in [-0.25, -0.2) is 27.5 Å². The molecule has 1 heterocycles. The van der Waals surface area contributed by atoms with Crippen LogP contribution in [0.1, 0.15) is 0 Å². The van der Waals surface area contributed by atoms with Gasteiger partial charge in [0.25, 0.3) is 0 Å². The minimum absolute atomic E-state index is 0.0104. The van der Waals surface area contributed by atoms with Crippen molar-refractivity contribution in [3.63, 3.8) is 0 Å². The zero-order chi connectivity index (χ0) is 17.9. The lowest BCUT2D eigenvalue weighted by molar-refractivity contribution is -0.139. The second-order valence-corrected chi connectivity index (χ2v) is 7.28. The first kappa shape index (κ1) is 18.0. The number of hydrogen-bond acceptors (Lipinski definition) is 6. The molecule has 2 aromatic rings. The van der Waals surface area contributed by atoms with Crippen LogP contribution in [-0.2, 0) is 14.8 Å². The van der Waals surface area contributed by atoms with Crippen molar-refractivity contribution in [3.8, 4) is 16.9 Å². The molecule has 0 saturated heterocycles. The Labute approximate surface area is 143 Å². The first-order chi connectivity index (χ1) is 11.2. The monoisotopic (exact) mass is 371 g/mol. The highest BCUT2D eigenvalue weighted by molar-refractivity contribution is 7.92. The number of halogens is 1. The predicted molar refractivity (Wildman–Crippen MR) is 88.9 cm³/mol. The van der Waals surface area contributed by atoms with E-state index in [0.29, 0.717) is 21.9 Å². The van der Waals surface area contributed by atoms with Gasteiger partial charge in [0.2, 0.25) is 16.0 Å². The van der Waals surface area contributed by atoms with Crippen molar-refractivity contribution in [1.29, 1.82) is 0 Å². The number of hydrogen-bond donors (Lipinski definition) is 1. The Morgan fingerprint density at radius 3 is 2.50 bits per heavy atom. The Morgan fingerprint density at radius 1 is 1.33 bits per heavy atom. The lowest BCUT2D eigenvalue weighted by atomic mass is 10.1. The highest BCUT2D eigenvalue weighted by Gasteiger charge is 2.16. The van der Waals surface area contributed by atoms with Gasteiger partial charge in [0.1, 0.15) is 5.75 Å². The van der Waals surface area contributed by atoms with Crippen molar-refractivity contribution in [1.82, 2.24) is 9.97 Å². The Bertz CT molecular complexity index is 855. The molecule has 0 radical (unpaired) electrons. The first-order valence-electron chi connectivity index (χ1n) is 6.59. The van der Waals surface area contributed by atoms with E-state index in [4.69, 9.17) is 21.4 Å². The van der Waals surface area contributed by atoms with Crippen molar-refractivity contribution in [2.45, 2.75) is 0 Å². The maximum Gasteiger partial charge on any atom is 0.341 e. The molecule has 2 rings (SSSR count). The van der Waals surface area contributed by atoms with Crippen LogP contribution in [0.15, 0.2) is 30.6 Å². The summed E-state index contributed by atoms with van der Waals surface area (Å²) in [5.74, 6) is -0.803. The minimum Gasteiger partial charge on any atom is -0.481 e. The molecule has 1 aromatic heterocycles. The van der Waals surface area contributed by atoms with Crippen molar-refractivity contribution in [2.24, 2.45) is 0 Å². The molecule has 24 heavy (non-hydrogen) atoms. The predicted octanol–water partition coefficient (Wildman–Crippen LogP) is 1.66. The highest BCUT2D eigenvalue weighted by Crippen LogP contribution is 2.32. The van der Waals surface area contributed by atoms with Crippen molar-refractivity contribution in [3.05, 3.63) is 35.6 Å². The number of aliphatic carboxylic acids is 1. The van der Waals surface area contributed by atoms with E-state index >= 15 is 0 Å². The Hall–Kier alpha value is -2.39. The maximum absolute atomic E-state index is 11.5. The van der Waals surface area contributed by atoms with Gasteiger partial charge in [0, 0.05) is 35.6 Å². The van der Waals surface area contributed by atoms with Crippen molar-refractivity contribution in [2.75, 3.05) is 24.2 Å². The van der Waals surface area contributed by atoms with Gasteiger partial charge in [0.05, 0.1) is 6.26 Å². The van der Waals surface area contributed by atoms with Crippen LogP contribution in [0.3, 0.4) is 0 Å². The van der Waals surface area contributed by atoms with E-state index in [-0.39, 0.29) is 5.95 Å². The Balaban J connectivity index is 2.37. The molecule has 0 amide bonds. The molecule has 0 aliphatic rings. The van der Waals surface area contributed by atoms with Crippen LogP contribution in [0.25, 0.3) is 11.1 Å². The summed E-state index contributed by atoms with van der Waals surface area (Å²) in [5, 5.41) is 9.15. The topological polar surface area (TPSA) is 110 Å². The van der Waals surface area contributed by atoms with Crippen LogP contribution < -0.4 is 9.04 Å². The number of sulfonamides is 1. The molecule has 10 heteroatoms. The van der Waals surface area contributed by atoms with Crippen LogP contribution in [-0.4, -0.2) is 49.4 Å². The molecule has 0 saturated carbocycles. The summed E-state index contributed by atoms with van der Waals surface area (Å²) < 4.78 is 29.1. The molecule has 1 aromatic carbocycles. The first-order valence-corrected chi connectivity index (χ1v) is 8.81. The number of carboxylic acids is 1. The largest absolute Gasteiger partial charge is 0.481 e. The van der Waals surface area contributed by atoms with E-state index in [1.165, 1.54) is 25.5 Å². The third-order valence-electron chi connectivity index (χ3n) is 3.02. The standard InChI is InChI=1S/C14H14ClN3O5S/c1-18(24(2,21)22)14-16-6-9(7-17-14)11-5-10(15)3-4-12(11)23-8-13(19)20/h3-7H,8H2,1-2H3,(H,19,20). The number of carboxylic acid groups (broad SMARTS) is 1. The van der Waals surface area contributed by atoms with Gasteiger partial charge in [0.15, 0.2) is 6.61 Å². The summed E-state index contributed by atoms with van der Waals surface area (Å²) in [6.07, 6.45) is 3.85. The molecule has 0 aliphatic heterocycles. The molecule has 0 unspecified atom stereocenters. The van der Waals surface area contributed by atoms with E-state index in [9.17, 15) is 13.2 Å². The van der Waals surface area contributed by atoms with Crippen molar-refractivity contribution >= 4 is 33.5 Å². The molecule has 0 aliphatic carbocycles. The summed E-state index contributed by atoms with van der Waals surface area (Å²) in [4.78, 5) is 18.7. The fourth-order valence-electron chi connectivity index (χ4n) is 1.76. The molecule has 0 fully saturated rings.